The zero-order chi connectivity index (χ0) is 17.3. The Balaban J connectivity index is 2.44. The van der Waals surface area contributed by atoms with Crippen molar-refractivity contribution in [2.75, 3.05) is 32.3 Å². The molecule has 7 nitrogen and oxygen atoms in total. The summed E-state index contributed by atoms with van der Waals surface area (Å²) in [6.45, 7) is 1.89. The second kappa shape index (κ2) is 6.66. The first-order valence-corrected chi connectivity index (χ1v) is 10.5. The summed E-state index contributed by atoms with van der Waals surface area (Å²) in [5.74, 6) is 0.526. The molecule has 23 heavy (non-hydrogen) atoms. The van der Waals surface area contributed by atoms with Gasteiger partial charge >= 0.3 is 0 Å². The Bertz CT molecular complexity index is 772. The third-order valence-electron chi connectivity index (χ3n) is 3.88. The first-order valence-electron chi connectivity index (χ1n) is 7.19. The monoisotopic (exact) mass is 363 g/mol. The molecule has 0 saturated carbocycles. The van der Waals surface area contributed by atoms with Gasteiger partial charge in [-0.25, -0.2) is 16.8 Å². The highest BCUT2D eigenvalue weighted by Crippen LogP contribution is 2.32. The molecule has 1 aliphatic rings. The number of hydrogen-bond acceptors (Lipinski definition) is 6. The molecular formula is C14H21NO6S2. The third-order valence-corrected chi connectivity index (χ3v) is 7.70. The summed E-state index contributed by atoms with van der Waals surface area (Å²) in [5.41, 5.74) is 0. The average molecular weight is 363 g/mol. The van der Waals surface area contributed by atoms with Crippen LogP contribution in [0.25, 0.3) is 0 Å². The van der Waals surface area contributed by atoms with Crippen molar-refractivity contribution in [3.8, 4) is 11.5 Å². The van der Waals surface area contributed by atoms with E-state index in [4.69, 9.17) is 9.47 Å². The Morgan fingerprint density at radius 2 is 1.96 bits per heavy atom. The zero-order valence-corrected chi connectivity index (χ0v) is 15.0. The normalized spacial score (nSPS) is 20.6. The van der Waals surface area contributed by atoms with Crippen LogP contribution in [0.5, 0.6) is 11.5 Å². The summed E-state index contributed by atoms with van der Waals surface area (Å²) in [6, 6.07) is 3.90. The van der Waals surface area contributed by atoms with Crippen LogP contribution in [0.4, 0.5) is 0 Å². The van der Waals surface area contributed by atoms with Crippen LogP contribution in [0, 0.1) is 0 Å². The van der Waals surface area contributed by atoms with E-state index in [9.17, 15) is 16.8 Å². The van der Waals surface area contributed by atoms with Crippen molar-refractivity contribution in [3.63, 3.8) is 0 Å². The van der Waals surface area contributed by atoms with E-state index >= 15 is 0 Å². The molecule has 1 saturated heterocycles. The maximum Gasteiger partial charge on any atom is 0.247 e. The predicted octanol–water partition coefficient (Wildman–Crippen LogP) is 0.901. The minimum atomic E-state index is -3.86. The molecule has 1 fully saturated rings. The minimum Gasteiger partial charge on any atom is -0.497 e. The van der Waals surface area contributed by atoms with E-state index in [1.165, 1.54) is 36.7 Å². The van der Waals surface area contributed by atoms with Gasteiger partial charge in [-0.15, -0.1) is 0 Å². The Kier molecular flexibility index (Phi) is 5.22. The van der Waals surface area contributed by atoms with Crippen molar-refractivity contribution in [3.05, 3.63) is 18.2 Å². The predicted molar refractivity (Wildman–Crippen MR) is 86.2 cm³/mol. The Morgan fingerprint density at radius 3 is 2.43 bits per heavy atom. The van der Waals surface area contributed by atoms with Gasteiger partial charge in [0.1, 0.15) is 16.4 Å². The SMILES string of the molecule is CCN(C1CCS(=O)(=O)C1)S(=O)(=O)c1ccc(OC)cc1OC. The molecule has 1 aromatic rings. The van der Waals surface area contributed by atoms with Gasteiger partial charge in [0.15, 0.2) is 9.84 Å². The topological polar surface area (TPSA) is 90.0 Å². The number of nitrogens with zero attached hydrogens (tertiary/aromatic N) is 1. The molecule has 130 valence electrons. The molecule has 0 aromatic heterocycles. The molecule has 2 rings (SSSR count). The highest BCUT2D eigenvalue weighted by molar-refractivity contribution is 7.92. The molecule has 1 aromatic carbocycles. The number of hydrogen-bond donors (Lipinski definition) is 0. The maximum absolute atomic E-state index is 13.0. The first kappa shape index (κ1) is 18.0. The molecule has 0 bridgehead atoms. The van der Waals surface area contributed by atoms with Crippen molar-refractivity contribution in [2.24, 2.45) is 0 Å². The van der Waals surface area contributed by atoms with Crippen molar-refractivity contribution < 1.29 is 26.3 Å². The fourth-order valence-corrected chi connectivity index (χ4v) is 6.37. The fraction of sp³-hybridized carbons (Fsp3) is 0.571. The Morgan fingerprint density at radius 1 is 1.26 bits per heavy atom. The molecule has 1 heterocycles. The van der Waals surface area contributed by atoms with Crippen molar-refractivity contribution in [1.82, 2.24) is 4.31 Å². The molecule has 0 amide bonds. The summed E-state index contributed by atoms with van der Waals surface area (Å²) in [6.07, 6.45) is 0.313. The smallest absolute Gasteiger partial charge is 0.247 e. The number of benzene rings is 1. The lowest BCUT2D eigenvalue weighted by Crippen LogP contribution is -2.41. The summed E-state index contributed by atoms with van der Waals surface area (Å²) >= 11 is 0. The standard InChI is InChI=1S/C14H21NO6S2/c1-4-15(11-7-8-22(16,17)10-11)23(18,19)14-6-5-12(20-2)9-13(14)21-3/h5-6,9,11H,4,7-8,10H2,1-3H3. The van der Waals surface area contributed by atoms with Gasteiger partial charge in [-0.3, -0.25) is 0 Å². The van der Waals surface area contributed by atoms with Crippen LogP contribution in [0.2, 0.25) is 0 Å². The number of ether oxygens (including phenoxy) is 2. The summed E-state index contributed by atoms with van der Waals surface area (Å²) in [4.78, 5) is 0.00643. The molecule has 1 atom stereocenters. The molecule has 0 aliphatic carbocycles. The van der Waals surface area contributed by atoms with E-state index in [1.807, 2.05) is 0 Å². The number of sulfone groups is 1. The third kappa shape index (κ3) is 3.61. The second-order valence-corrected chi connectivity index (χ2v) is 9.37. The summed E-state index contributed by atoms with van der Waals surface area (Å²) in [5, 5.41) is 0. The Labute approximate surface area is 137 Å². The van der Waals surface area contributed by atoms with Crippen LogP contribution in [-0.2, 0) is 19.9 Å². The lowest BCUT2D eigenvalue weighted by molar-refractivity contribution is 0.348. The van der Waals surface area contributed by atoms with Gasteiger partial charge in [-0.1, -0.05) is 6.92 Å². The molecule has 0 spiro atoms. The molecule has 1 aliphatic heterocycles. The lowest BCUT2D eigenvalue weighted by Gasteiger charge is -2.26. The van der Waals surface area contributed by atoms with Crippen LogP contribution >= 0.6 is 0 Å². The van der Waals surface area contributed by atoms with Crippen LogP contribution in [0.15, 0.2) is 23.1 Å². The van der Waals surface area contributed by atoms with E-state index in [1.54, 1.807) is 6.92 Å². The fourth-order valence-electron chi connectivity index (χ4n) is 2.74. The Hall–Kier alpha value is -1.32. The molecule has 0 N–H and O–H groups in total. The summed E-state index contributed by atoms with van der Waals surface area (Å²) in [7, 11) is -4.18. The van der Waals surface area contributed by atoms with Crippen LogP contribution < -0.4 is 9.47 Å². The number of rotatable bonds is 6. The quantitative estimate of drug-likeness (QED) is 0.746. The van der Waals surface area contributed by atoms with Gasteiger partial charge in [-0.05, 0) is 18.6 Å². The molecule has 1 unspecified atom stereocenters. The van der Waals surface area contributed by atoms with Gasteiger partial charge < -0.3 is 9.47 Å². The van der Waals surface area contributed by atoms with Crippen molar-refractivity contribution >= 4 is 19.9 Å². The van der Waals surface area contributed by atoms with E-state index in [0.717, 1.165) is 0 Å². The van der Waals surface area contributed by atoms with Crippen molar-refractivity contribution in [1.29, 1.82) is 0 Å². The highest BCUT2D eigenvalue weighted by atomic mass is 32.2. The van der Waals surface area contributed by atoms with Gasteiger partial charge in [0, 0.05) is 18.7 Å². The van der Waals surface area contributed by atoms with Gasteiger partial charge in [0.25, 0.3) is 0 Å². The lowest BCUT2D eigenvalue weighted by atomic mass is 10.3. The maximum atomic E-state index is 13.0. The van der Waals surface area contributed by atoms with Crippen LogP contribution in [0.1, 0.15) is 13.3 Å². The van der Waals surface area contributed by atoms with Gasteiger partial charge in [0.05, 0.1) is 25.7 Å². The van der Waals surface area contributed by atoms with E-state index in [2.05, 4.69) is 0 Å². The number of methoxy groups -OCH3 is 2. The van der Waals surface area contributed by atoms with Gasteiger partial charge in [0.2, 0.25) is 10.0 Å². The van der Waals surface area contributed by atoms with E-state index < -0.39 is 25.9 Å². The van der Waals surface area contributed by atoms with Crippen LogP contribution in [0.3, 0.4) is 0 Å². The van der Waals surface area contributed by atoms with E-state index in [0.29, 0.717) is 12.2 Å². The minimum absolute atomic E-state index is 0.00643. The van der Waals surface area contributed by atoms with Crippen molar-refractivity contribution in [2.45, 2.75) is 24.3 Å². The number of sulfonamides is 1. The summed E-state index contributed by atoms with van der Waals surface area (Å²) < 4.78 is 60.7. The highest BCUT2D eigenvalue weighted by Gasteiger charge is 2.39. The molecular weight excluding hydrogens is 342 g/mol. The molecule has 0 radical (unpaired) electrons. The second-order valence-electron chi connectivity index (χ2n) is 5.28. The zero-order valence-electron chi connectivity index (χ0n) is 13.4. The average Bonchev–Trinajstić information content (AvgIpc) is 2.86. The van der Waals surface area contributed by atoms with Crippen LogP contribution in [-0.4, -0.2) is 59.5 Å². The van der Waals surface area contributed by atoms with E-state index in [-0.39, 0.29) is 28.7 Å². The largest absolute Gasteiger partial charge is 0.497 e. The molecule has 9 heteroatoms. The van der Waals surface area contributed by atoms with Gasteiger partial charge in [-0.2, -0.15) is 4.31 Å². The first-order chi connectivity index (χ1) is 10.7.